The Labute approximate surface area is 102 Å². The molecule has 5 nitrogen and oxygen atoms in total. The molecule has 0 aliphatic heterocycles. The van der Waals surface area contributed by atoms with Crippen LogP contribution in [0.1, 0.15) is 6.92 Å². The van der Waals surface area contributed by atoms with Crippen molar-refractivity contribution >= 4 is 21.2 Å². The Morgan fingerprint density at radius 2 is 2.12 bits per heavy atom. The van der Waals surface area contributed by atoms with E-state index < -0.39 is 9.84 Å². The topological polar surface area (TPSA) is 92.4 Å². The van der Waals surface area contributed by atoms with Gasteiger partial charge >= 0.3 is 0 Å². The van der Waals surface area contributed by atoms with Gasteiger partial charge in [-0.25, -0.2) is 8.42 Å². The molecule has 0 fully saturated rings. The number of nitrogens with two attached hydrogens (primary N) is 1. The number of rotatable bonds is 5. The molecule has 0 aromatic heterocycles. The molecule has 1 atom stereocenters. The van der Waals surface area contributed by atoms with E-state index in [-0.39, 0.29) is 17.4 Å². The fraction of sp³-hybridized carbons (Fsp3) is 0.455. The van der Waals surface area contributed by atoms with Gasteiger partial charge in [0.15, 0.2) is 9.84 Å². The Hall–Kier alpha value is -1.27. The molecule has 4 N–H and O–H groups in total. The third-order valence-electron chi connectivity index (χ3n) is 2.40. The SMILES string of the molecule is CC(CO)CNc1ccc(S(C)(=O)=O)cc1N. The molecule has 0 aliphatic rings. The largest absolute Gasteiger partial charge is 0.397 e. The number of hydrogen-bond acceptors (Lipinski definition) is 5. The highest BCUT2D eigenvalue weighted by atomic mass is 32.2. The number of aliphatic hydroxyl groups excluding tert-OH is 1. The number of sulfone groups is 1. The van der Waals surface area contributed by atoms with Crippen molar-refractivity contribution in [3.8, 4) is 0 Å². The molecule has 0 saturated carbocycles. The summed E-state index contributed by atoms with van der Waals surface area (Å²) >= 11 is 0. The molecule has 0 saturated heterocycles. The first kappa shape index (κ1) is 13.8. The highest BCUT2D eigenvalue weighted by Gasteiger charge is 2.09. The van der Waals surface area contributed by atoms with Gasteiger partial charge in [-0.05, 0) is 24.1 Å². The minimum absolute atomic E-state index is 0.0916. The van der Waals surface area contributed by atoms with Crippen molar-refractivity contribution in [2.75, 3.05) is 30.5 Å². The Bertz CT molecular complexity index is 485. The molecule has 1 aromatic rings. The molecule has 0 radical (unpaired) electrons. The lowest BCUT2D eigenvalue weighted by atomic mass is 10.2. The Morgan fingerprint density at radius 3 is 2.59 bits per heavy atom. The molecule has 1 rings (SSSR count). The number of nitrogen functional groups attached to an aromatic ring is 1. The Morgan fingerprint density at radius 1 is 1.47 bits per heavy atom. The zero-order chi connectivity index (χ0) is 13.1. The lowest BCUT2D eigenvalue weighted by molar-refractivity contribution is 0.244. The van der Waals surface area contributed by atoms with Crippen LogP contribution in [-0.2, 0) is 9.84 Å². The Balaban J connectivity index is 2.84. The summed E-state index contributed by atoms with van der Waals surface area (Å²) in [6.07, 6.45) is 1.14. The summed E-state index contributed by atoms with van der Waals surface area (Å²) in [6.45, 7) is 2.57. The molecular weight excluding hydrogens is 240 g/mol. The van der Waals surface area contributed by atoms with Gasteiger partial charge in [-0.15, -0.1) is 0 Å². The van der Waals surface area contributed by atoms with E-state index >= 15 is 0 Å². The van der Waals surface area contributed by atoms with Crippen molar-refractivity contribution in [2.45, 2.75) is 11.8 Å². The number of benzene rings is 1. The summed E-state index contributed by atoms with van der Waals surface area (Å²) in [6, 6.07) is 4.58. The van der Waals surface area contributed by atoms with Gasteiger partial charge in [-0.3, -0.25) is 0 Å². The van der Waals surface area contributed by atoms with Crippen molar-refractivity contribution in [2.24, 2.45) is 5.92 Å². The molecular formula is C11H18N2O3S. The van der Waals surface area contributed by atoms with E-state index in [1.165, 1.54) is 12.1 Å². The fourth-order valence-corrected chi connectivity index (χ4v) is 1.94. The van der Waals surface area contributed by atoms with E-state index in [1.54, 1.807) is 6.07 Å². The second-order valence-electron chi connectivity index (χ2n) is 4.19. The summed E-state index contributed by atoms with van der Waals surface area (Å²) in [5, 5.41) is 11.9. The van der Waals surface area contributed by atoms with Crippen LogP contribution in [0.4, 0.5) is 11.4 Å². The van der Waals surface area contributed by atoms with E-state index in [2.05, 4.69) is 5.32 Å². The molecule has 17 heavy (non-hydrogen) atoms. The summed E-state index contributed by atoms with van der Waals surface area (Å²) in [5.74, 6) is 0.115. The van der Waals surface area contributed by atoms with Gasteiger partial charge in [0.2, 0.25) is 0 Å². The zero-order valence-electron chi connectivity index (χ0n) is 9.97. The zero-order valence-corrected chi connectivity index (χ0v) is 10.8. The van der Waals surface area contributed by atoms with E-state index in [1.807, 2.05) is 6.92 Å². The summed E-state index contributed by atoms with van der Waals surface area (Å²) < 4.78 is 22.6. The molecule has 0 amide bonds. The maximum Gasteiger partial charge on any atom is 0.175 e. The highest BCUT2D eigenvalue weighted by Crippen LogP contribution is 2.22. The van der Waals surface area contributed by atoms with Gasteiger partial charge < -0.3 is 16.2 Å². The van der Waals surface area contributed by atoms with Crippen LogP contribution in [0.25, 0.3) is 0 Å². The van der Waals surface area contributed by atoms with Crippen molar-refractivity contribution in [3.63, 3.8) is 0 Å². The molecule has 0 spiro atoms. The first-order valence-corrected chi connectivity index (χ1v) is 7.18. The second-order valence-corrected chi connectivity index (χ2v) is 6.21. The maximum atomic E-state index is 11.3. The van der Waals surface area contributed by atoms with Crippen molar-refractivity contribution in [3.05, 3.63) is 18.2 Å². The van der Waals surface area contributed by atoms with Crippen molar-refractivity contribution in [1.82, 2.24) is 0 Å². The van der Waals surface area contributed by atoms with Crippen LogP contribution in [0.5, 0.6) is 0 Å². The predicted octanol–water partition coefficient (Wildman–Crippen LogP) is 0.713. The normalized spacial score (nSPS) is 13.4. The molecule has 0 heterocycles. The minimum atomic E-state index is -3.23. The minimum Gasteiger partial charge on any atom is -0.397 e. The van der Waals surface area contributed by atoms with Crippen molar-refractivity contribution < 1.29 is 13.5 Å². The Kier molecular flexibility index (Phi) is 4.36. The van der Waals surface area contributed by atoms with Crippen LogP contribution < -0.4 is 11.1 Å². The van der Waals surface area contributed by atoms with E-state index in [9.17, 15) is 8.42 Å². The summed E-state index contributed by atoms with van der Waals surface area (Å²) in [7, 11) is -3.23. The van der Waals surface area contributed by atoms with Crippen LogP contribution in [-0.4, -0.2) is 32.9 Å². The number of anilines is 2. The van der Waals surface area contributed by atoms with Crippen LogP contribution in [0.3, 0.4) is 0 Å². The van der Waals surface area contributed by atoms with Crippen LogP contribution in [0, 0.1) is 5.92 Å². The van der Waals surface area contributed by atoms with Gasteiger partial charge in [0.25, 0.3) is 0 Å². The highest BCUT2D eigenvalue weighted by molar-refractivity contribution is 7.90. The van der Waals surface area contributed by atoms with Crippen LogP contribution >= 0.6 is 0 Å². The lowest BCUT2D eigenvalue weighted by Crippen LogP contribution is -2.15. The van der Waals surface area contributed by atoms with Gasteiger partial charge in [0, 0.05) is 19.4 Å². The van der Waals surface area contributed by atoms with Gasteiger partial charge in [0.05, 0.1) is 16.3 Å². The quantitative estimate of drug-likeness (QED) is 0.677. The third-order valence-corrected chi connectivity index (χ3v) is 3.51. The number of nitrogens with one attached hydrogen (secondary N) is 1. The fourth-order valence-electron chi connectivity index (χ4n) is 1.28. The molecule has 0 aliphatic carbocycles. The average Bonchev–Trinajstić information content (AvgIpc) is 2.25. The second kappa shape index (κ2) is 5.37. The molecule has 0 bridgehead atoms. The first-order valence-electron chi connectivity index (χ1n) is 5.29. The monoisotopic (exact) mass is 258 g/mol. The molecule has 1 aromatic carbocycles. The molecule has 1 unspecified atom stereocenters. The van der Waals surface area contributed by atoms with Gasteiger partial charge in [-0.2, -0.15) is 0 Å². The number of aliphatic hydroxyl groups is 1. The molecule has 96 valence electrons. The van der Waals surface area contributed by atoms with Gasteiger partial charge in [0.1, 0.15) is 0 Å². The van der Waals surface area contributed by atoms with E-state index in [0.717, 1.165) is 6.26 Å². The average molecular weight is 258 g/mol. The standard InChI is InChI=1S/C11H18N2O3S/c1-8(7-14)6-13-11-4-3-9(5-10(11)12)17(2,15)16/h3-5,8,13-14H,6-7,12H2,1-2H3. The molecule has 6 heteroatoms. The van der Waals surface area contributed by atoms with Gasteiger partial charge in [-0.1, -0.05) is 6.92 Å². The lowest BCUT2D eigenvalue weighted by Gasteiger charge is -2.13. The van der Waals surface area contributed by atoms with Crippen molar-refractivity contribution in [1.29, 1.82) is 0 Å². The summed E-state index contributed by atoms with van der Waals surface area (Å²) in [5.41, 5.74) is 6.82. The smallest absolute Gasteiger partial charge is 0.175 e. The first-order chi connectivity index (χ1) is 7.84. The van der Waals surface area contributed by atoms with Crippen LogP contribution in [0.2, 0.25) is 0 Å². The number of hydrogen-bond donors (Lipinski definition) is 3. The third kappa shape index (κ3) is 3.90. The van der Waals surface area contributed by atoms with E-state index in [4.69, 9.17) is 10.8 Å². The summed E-state index contributed by atoms with van der Waals surface area (Å²) in [4.78, 5) is 0.204. The van der Waals surface area contributed by atoms with E-state index in [0.29, 0.717) is 17.9 Å². The van der Waals surface area contributed by atoms with Crippen LogP contribution in [0.15, 0.2) is 23.1 Å². The maximum absolute atomic E-state index is 11.3. The predicted molar refractivity (Wildman–Crippen MR) is 68.7 cm³/mol.